The molecule has 22 heavy (non-hydrogen) atoms. The zero-order valence-corrected chi connectivity index (χ0v) is 13.6. The van der Waals surface area contributed by atoms with E-state index in [2.05, 4.69) is 55.6 Å². The Hall–Kier alpha value is -2.40. The Bertz CT molecular complexity index is 772. The summed E-state index contributed by atoms with van der Waals surface area (Å²) >= 11 is 3.42. The average Bonchev–Trinajstić information content (AvgIpc) is 2.50. The van der Waals surface area contributed by atoms with Crippen molar-refractivity contribution in [1.82, 2.24) is 9.97 Å². The Balaban J connectivity index is 1.76. The molecule has 0 radical (unpaired) electrons. The molecule has 0 saturated carbocycles. The first kappa shape index (κ1) is 14.5. The van der Waals surface area contributed by atoms with Crippen LogP contribution in [0.4, 0.5) is 23.0 Å². The summed E-state index contributed by atoms with van der Waals surface area (Å²) in [4.78, 5) is 8.49. The number of anilines is 4. The zero-order chi connectivity index (χ0) is 15.4. The number of halogens is 1. The smallest absolute Gasteiger partial charge is 0.135 e. The molecule has 0 fully saturated rings. The lowest BCUT2D eigenvalue weighted by Gasteiger charge is -2.09. The molecule has 0 aliphatic heterocycles. The molecular weight excluding hydrogens is 340 g/mol. The molecule has 110 valence electrons. The minimum atomic E-state index is 0.743. The van der Waals surface area contributed by atoms with Gasteiger partial charge in [-0.3, -0.25) is 0 Å². The van der Waals surface area contributed by atoms with E-state index in [1.54, 1.807) is 6.33 Å². The predicted octanol–water partition coefficient (Wildman–Crippen LogP) is 5.03. The highest BCUT2D eigenvalue weighted by molar-refractivity contribution is 9.10. The molecule has 4 nitrogen and oxygen atoms in total. The minimum Gasteiger partial charge on any atom is -0.340 e. The van der Waals surface area contributed by atoms with Crippen LogP contribution in [0.1, 0.15) is 5.56 Å². The van der Waals surface area contributed by atoms with Crippen molar-refractivity contribution in [2.75, 3.05) is 10.6 Å². The van der Waals surface area contributed by atoms with Crippen molar-refractivity contribution in [1.29, 1.82) is 0 Å². The lowest BCUT2D eigenvalue weighted by atomic mass is 10.2. The Kier molecular flexibility index (Phi) is 4.34. The van der Waals surface area contributed by atoms with Gasteiger partial charge in [0.25, 0.3) is 0 Å². The molecule has 0 saturated heterocycles. The minimum absolute atomic E-state index is 0.743. The van der Waals surface area contributed by atoms with Crippen molar-refractivity contribution in [3.05, 3.63) is 71.0 Å². The molecule has 2 aromatic carbocycles. The van der Waals surface area contributed by atoms with Crippen molar-refractivity contribution in [2.45, 2.75) is 6.92 Å². The molecule has 0 spiro atoms. The number of hydrogen-bond acceptors (Lipinski definition) is 4. The number of hydrogen-bond donors (Lipinski definition) is 2. The van der Waals surface area contributed by atoms with Gasteiger partial charge in [0, 0.05) is 21.9 Å². The SMILES string of the molecule is Cc1cccc(Nc2cc(Nc3ccc(Br)cc3)ncn2)c1. The van der Waals surface area contributed by atoms with Crippen molar-refractivity contribution < 1.29 is 0 Å². The Labute approximate surface area is 137 Å². The number of aryl methyl sites for hydroxylation is 1. The van der Waals surface area contributed by atoms with E-state index in [0.29, 0.717) is 0 Å². The van der Waals surface area contributed by atoms with Gasteiger partial charge in [0.1, 0.15) is 18.0 Å². The van der Waals surface area contributed by atoms with Crippen molar-refractivity contribution >= 4 is 38.9 Å². The van der Waals surface area contributed by atoms with Crippen LogP contribution in [0, 0.1) is 6.92 Å². The van der Waals surface area contributed by atoms with Gasteiger partial charge >= 0.3 is 0 Å². The van der Waals surface area contributed by atoms with Crippen LogP contribution in [0.25, 0.3) is 0 Å². The van der Waals surface area contributed by atoms with Crippen molar-refractivity contribution in [2.24, 2.45) is 0 Å². The Morgan fingerprint density at radius 2 is 1.50 bits per heavy atom. The van der Waals surface area contributed by atoms with E-state index in [4.69, 9.17) is 0 Å². The van der Waals surface area contributed by atoms with Crippen LogP contribution in [0.15, 0.2) is 65.4 Å². The lowest BCUT2D eigenvalue weighted by Crippen LogP contribution is -1.98. The largest absolute Gasteiger partial charge is 0.340 e. The fourth-order valence-electron chi connectivity index (χ4n) is 2.05. The fourth-order valence-corrected chi connectivity index (χ4v) is 2.31. The predicted molar refractivity (Wildman–Crippen MR) is 93.9 cm³/mol. The zero-order valence-electron chi connectivity index (χ0n) is 12.0. The Morgan fingerprint density at radius 3 is 2.18 bits per heavy atom. The summed E-state index contributed by atoms with van der Waals surface area (Å²) in [6.45, 7) is 2.06. The molecule has 0 aliphatic carbocycles. The van der Waals surface area contributed by atoms with Gasteiger partial charge in [-0.1, -0.05) is 28.1 Å². The summed E-state index contributed by atoms with van der Waals surface area (Å²) in [7, 11) is 0. The van der Waals surface area contributed by atoms with E-state index in [9.17, 15) is 0 Å². The van der Waals surface area contributed by atoms with E-state index < -0.39 is 0 Å². The molecule has 0 atom stereocenters. The van der Waals surface area contributed by atoms with E-state index in [1.807, 2.05) is 42.5 Å². The summed E-state index contributed by atoms with van der Waals surface area (Å²) in [6.07, 6.45) is 1.54. The molecule has 0 amide bonds. The molecule has 5 heteroatoms. The van der Waals surface area contributed by atoms with Crippen LogP contribution < -0.4 is 10.6 Å². The second-order valence-corrected chi connectivity index (χ2v) is 5.83. The van der Waals surface area contributed by atoms with E-state index in [-0.39, 0.29) is 0 Å². The maximum atomic E-state index is 4.25. The number of benzene rings is 2. The molecule has 1 aromatic heterocycles. The van der Waals surface area contributed by atoms with Crippen LogP contribution >= 0.6 is 15.9 Å². The van der Waals surface area contributed by atoms with Gasteiger partial charge in [0.2, 0.25) is 0 Å². The number of rotatable bonds is 4. The third-order valence-corrected chi connectivity index (χ3v) is 3.60. The van der Waals surface area contributed by atoms with Crippen molar-refractivity contribution in [3.8, 4) is 0 Å². The monoisotopic (exact) mass is 354 g/mol. The molecule has 3 aromatic rings. The van der Waals surface area contributed by atoms with Gasteiger partial charge in [-0.05, 0) is 48.9 Å². The van der Waals surface area contributed by atoms with Crippen LogP contribution in [-0.2, 0) is 0 Å². The highest BCUT2D eigenvalue weighted by Gasteiger charge is 2.01. The fraction of sp³-hybridized carbons (Fsp3) is 0.0588. The van der Waals surface area contributed by atoms with Crippen molar-refractivity contribution in [3.63, 3.8) is 0 Å². The van der Waals surface area contributed by atoms with Crippen LogP contribution in [0.2, 0.25) is 0 Å². The topological polar surface area (TPSA) is 49.8 Å². The molecule has 1 heterocycles. The summed E-state index contributed by atoms with van der Waals surface area (Å²) in [5.41, 5.74) is 3.18. The normalized spacial score (nSPS) is 10.3. The maximum Gasteiger partial charge on any atom is 0.135 e. The second-order valence-electron chi connectivity index (χ2n) is 4.91. The van der Waals surface area contributed by atoms with Gasteiger partial charge in [0.05, 0.1) is 0 Å². The van der Waals surface area contributed by atoms with Gasteiger partial charge in [-0.25, -0.2) is 9.97 Å². The maximum absolute atomic E-state index is 4.25. The molecule has 0 bridgehead atoms. The Morgan fingerprint density at radius 1 is 0.818 bits per heavy atom. The van der Waals surface area contributed by atoms with Crippen LogP contribution in [0.3, 0.4) is 0 Å². The van der Waals surface area contributed by atoms with E-state index in [1.165, 1.54) is 5.56 Å². The number of nitrogens with zero attached hydrogens (tertiary/aromatic N) is 2. The number of aromatic nitrogens is 2. The summed E-state index contributed by atoms with van der Waals surface area (Å²) < 4.78 is 1.04. The van der Waals surface area contributed by atoms with Gasteiger partial charge < -0.3 is 10.6 Å². The molecular formula is C17H15BrN4. The van der Waals surface area contributed by atoms with Crippen LogP contribution in [0.5, 0.6) is 0 Å². The second kappa shape index (κ2) is 6.58. The summed E-state index contributed by atoms with van der Waals surface area (Å²) in [6, 6.07) is 18.0. The molecule has 2 N–H and O–H groups in total. The first-order chi connectivity index (χ1) is 10.7. The summed E-state index contributed by atoms with van der Waals surface area (Å²) in [5, 5.41) is 6.54. The highest BCUT2D eigenvalue weighted by atomic mass is 79.9. The van der Waals surface area contributed by atoms with Gasteiger partial charge in [0.15, 0.2) is 0 Å². The molecule has 0 unspecified atom stereocenters. The number of nitrogens with one attached hydrogen (secondary N) is 2. The van der Waals surface area contributed by atoms with E-state index in [0.717, 1.165) is 27.5 Å². The van der Waals surface area contributed by atoms with E-state index >= 15 is 0 Å². The average molecular weight is 355 g/mol. The van der Waals surface area contributed by atoms with Gasteiger partial charge in [-0.2, -0.15) is 0 Å². The standard InChI is InChI=1S/C17H15BrN4/c1-12-3-2-4-15(9-12)22-17-10-16(19-11-20-17)21-14-7-5-13(18)6-8-14/h2-11H,1H3,(H2,19,20,21,22). The quantitative estimate of drug-likeness (QED) is 0.689. The van der Waals surface area contributed by atoms with Gasteiger partial charge in [-0.15, -0.1) is 0 Å². The third kappa shape index (κ3) is 3.83. The molecule has 3 rings (SSSR count). The first-order valence-corrected chi connectivity index (χ1v) is 7.67. The first-order valence-electron chi connectivity index (χ1n) is 6.87. The van der Waals surface area contributed by atoms with Crippen LogP contribution in [-0.4, -0.2) is 9.97 Å². The summed E-state index contributed by atoms with van der Waals surface area (Å²) in [5.74, 6) is 1.49. The molecule has 0 aliphatic rings. The lowest BCUT2D eigenvalue weighted by molar-refractivity contribution is 1.17. The third-order valence-electron chi connectivity index (χ3n) is 3.07. The highest BCUT2D eigenvalue weighted by Crippen LogP contribution is 2.21.